The molecule has 2 nitrogen and oxygen atoms in total. The van der Waals surface area contributed by atoms with Gasteiger partial charge in [0.15, 0.2) is 5.78 Å². The van der Waals surface area contributed by atoms with Crippen molar-refractivity contribution in [2.75, 3.05) is 11.9 Å². The number of carbonyl (C=O) groups excluding carboxylic acids is 1. The van der Waals surface area contributed by atoms with Crippen molar-refractivity contribution in [3.63, 3.8) is 0 Å². The number of ketones is 1. The summed E-state index contributed by atoms with van der Waals surface area (Å²) in [5.41, 5.74) is 3.60. The zero-order valence-corrected chi connectivity index (χ0v) is 16.8. The van der Waals surface area contributed by atoms with Crippen molar-refractivity contribution in [1.82, 2.24) is 0 Å². The number of hydrogen-bond donors (Lipinski definition) is 0. The van der Waals surface area contributed by atoms with E-state index < -0.39 is 0 Å². The summed E-state index contributed by atoms with van der Waals surface area (Å²) >= 11 is 1.73. The largest absolute Gasteiger partial charge is 0.345 e. The van der Waals surface area contributed by atoms with E-state index in [0.29, 0.717) is 5.56 Å². The fourth-order valence-electron chi connectivity index (χ4n) is 3.67. The molecular formula is C26H19NOS. The third-order valence-electron chi connectivity index (χ3n) is 5.30. The fourth-order valence-corrected chi connectivity index (χ4v) is 4.82. The molecule has 0 aliphatic carbocycles. The second kappa shape index (κ2) is 7.19. The Hall–Kier alpha value is -3.43. The van der Waals surface area contributed by atoms with Gasteiger partial charge >= 0.3 is 0 Å². The van der Waals surface area contributed by atoms with E-state index in [1.54, 1.807) is 11.3 Å². The van der Waals surface area contributed by atoms with Gasteiger partial charge < -0.3 is 4.90 Å². The molecule has 0 amide bonds. The lowest BCUT2D eigenvalue weighted by Gasteiger charge is -2.19. The van der Waals surface area contributed by atoms with Gasteiger partial charge in [-0.25, -0.2) is 0 Å². The third-order valence-corrected chi connectivity index (χ3v) is 6.43. The molecule has 0 unspecified atom stereocenters. The van der Waals surface area contributed by atoms with Crippen molar-refractivity contribution >= 4 is 48.7 Å². The first-order valence-electron chi connectivity index (χ1n) is 9.55. The third kappa shape index (κ3) is 3.20. The summed E-state index contributed by atoms with van der Waals surface area (Å²) in [5, 5.41) is 2.46. The van der Waals surface area contributed by atoms with Crippen LogP contribution in [0, 0.1) is 0 Å². The predicted octanol–water partition coefficient (Wildman–Crippen LogP) is 7.05. The normalized spacial score (nSPS) is 11.1. The van der Waals surface area contributed by atoms with E-state index in [1.807, 2.05) is 61.6 Å². The first kappa shape index (κ1) is 17.7. The van der Waals surface area contributed by atoms with Crippen LogP contribution in [0.25, 0.3) is 20.2 Å². The summed E-state index contributed by atoms with van der Waals surface area (Å²) in [6, 6.07) is 32.4. The summed E-state index contributed by atoms with van der Waals surface area (Å²) in [7, 11) is 2.03. The smallest absolute Gasteiger partial charge is 0.193 e. The summed E-state index contributed by atoms with van der Waals surface area (Å²) < 4.78 is 2.40. The standard InChI is InChI=1S/C26H19NOS/c1-27(20-7-3-2-4-8-20)21-14-11-18(12-15-21)26(28)19-13-16-23-22-9-5-6-10-24(22)29-25(23)17-19/h2-17H,1H3. The van der Waals surface area contributed by atoms with Crippen LogP contribution in [-0.2, 0) is 0 Å². The molecule has 0 N–H and O–H groups in total. The zero-order valence-electron chi connectivity index (χ0n) is 16.0. The maximum Gasteiger partial charge on any atom is 0.193 e. The number of thiophene rings is 1. The van der Waals surface area contributed by atoms with Gasteiger partial charge in [-0.15, -0.1) is 11.3 Å². The minimum absolute atomic E-state index is 0.0540. The number of carbonyl (C=O) groups is 1. The molecule has 0 saturated carbocycles. The average molecular weight is 394 g/mol. The van der Waals surface area contributed by atoms with E-state index in [9.17, 15) is 4.79 Å². The number of fused-ring (bicyclic) bond motifs is 3. The van der Waals surface area contributed by atoms with Crippen LogP contribution in [0.15, 0.2) is 97.1 Å². The molecule has 3 heteroatoms. The van der Waals surface area contributed by atoms with Crippen LogP contribution in [0.4, 0.5) is 11.4 Å². The quantitative estimate of drug-likeness (QED) is 0.305. The Morgan fingerprint density at radius 3 is 2.07 bits per heavy atom. The fraction of sp³-hybridized carbons (Fsp3) is 0.0385. The minimum Gasteiger partial charge on any atom is -0.345 e. The molecule has 0 atom stereocenters. The molecule has 1 aromatic heterocycles. The van der Waals surface area contributed by atoms with E-state index in [2.05, 4.69) is 47.4 Å². The van der Waals surface area contributed by atoms with Gasteiger partial charge in [0.05, 0.1) is 0 Å². The topological polar surface area (TPSA) is 20.3 Å². The van der Waals surface area contributed by atoms with Gasteiger partial charge in [-0.05, 0) is 48.5 Å². The first-order valence-corrected chi connectivity index (χ1v) is 10.4. The van der Waals surface area contributed by atoms with Crippen molar-refractivity contribution < 1.29 is 4.79 Å². The SMILES string of the molecule is CN(c1ccccc1)c1ccc(C(=O)c2ccc3c(c2)sc2ccccc23)cc1. The number of rotatable bonds is 4. The number of hydrogen-bond acceptors (Lipinski definition) is 3. The summed E-state index contributed by atoms with van der Waals surface area (Å²) in [6.07, 6.45) is 0. The highest BCUT2D eigenvalue weighted by Gasteiger charge is 2.13. The van der Waals surface area contributed by atoms with Crippen molar-refractivity contribution in [3.05, 3.63) is 108 Å². The number of nitrogens with zero attached hydrogens (tertiary/aromatic N) is 1. The lowest BCUT2D eigenvalue weighted by molar-refractivity contribution is 0.103. The number of anilines is 2. The van der Waals surface area contributed by atoms with E-state index in [1.165, 1.54) is 15.5 Å². The van der Waals surface area contributed by atoms with Crippen molar-refractivity contribution in [3.8, 4) is 0 Å². The Morgan fingerprint density at radius 1 is 0.655 bits per heavy atom. The molecular weight excluding hydrogens is 374 g/mol. The van der Waals surface area contributed by atoms with Crippen LogP contribution in [0.1, 0.15) is 15.9 Å². The van der Waals surface area contributed by atoms with Crippen molar-refractivity contribution in [2.24, 2.45) is 0 Å². The summed E-state index contributed by atoms with van der Waals surface area (Å²) in [5.74, 6) is 0.0540. The molecule has 0 radical (unpaired) electrons. The average Bonchev–Trinajstić information content (AvgIpc) is 3.16. The summed E-state index contributed by atoms with van der Waals surface area (Å²) in [6.45, 7) is 0. The monoisotopic (exact) mass is 393 g/mol. The number of para-hydroxylation sites is 1. The molecule has 0 aliphatic heterocycles. The van der Waals surface area contributed by atoms with Crippen LogP contribution in [0.2, 0.25) is 0 Å². The van der Waals surface area contributed by atoms with Crippen molar-refractivity contribution in [2.45, 2.75) is 0 Å². The lowest BCUT2D eigenvalue weighted by atomic mass is 10.0. The molecule has 29 heavy (non-hydrogen) atoms. The number of benzene rings is 4. The van der Waals surface area contributed by atoms with Gasteiger partial charge in [0.25, 0.3) is 0 Å². The molecule has 0 bridgehead atoms. The Morgan fingerprint density at radius 2 is 1.28 bits per heavy atom. The molecule has 140 valence electrons. The van der Waals surface area contributed by atoms with Crippen LogP contribution in [0.3, 0.4) is 0 Å². The second-order valence-corrected chi connectivity index (χ2v) is 8.16. The lowest BCUT2D eigenvalue weighted by Crippen LogP contribution is -2.09. The minimum atomic E-state index is 0.0540. The second-order valence-electron chi connectivity index (χ2n) is 7.08. The van der Waals surface area contributed by atoms with Crippen LogP contribution in [-0.4, -0.2) is 12.8 Å². The molecule has 0 saturated heterocycles. The maximum atomic E-state index is 13.0. The van der Waals surface area contributed by atoms with Crippen LogP contribution >= 0.6 is 11.3 Å². The van der Waals surface area contributed by atoms with Gasteiger partial charge in [-0.1, -0.05) is 48.5 Å². The molecule has 5 rings (SSSR count). The Balaban J connectivity index is 1.45. The Bertz CT molecular complexity index is 1320. The van der Waals surface area contributed by atoms with Gasteiger partial charge in [-0.3, -0.25) is 4.79 Å². The zero-order chi connectivity index (χ0) is 19.8. The molecule has 0 fully saturated rings. The highest BCUT2D eigenvalue weighted by Crippen LogP contribution is 2.34. The summed E-state index contributed by atoms with van der Waals surface area (Å²) in [4.78, 5) is 15.2. The highest BCUT2D eigenvalue weighted by molar-refractivity contribution is 7.25. The predicted molar refractivity (Wildman–Crippen MR) is 124 cm³/mol. The van der Waals surface area contributed by atoms with Crippen LogP contribution < -0.4 is 4.90 Å². The van der Waals surface area contributed by atoms with Crippen molar-refractivity contribution in [1.29, 1.82) is 0 Å². The first-order chi connectivity index (χ1) is 14.2. The van der Waals surface area contributed by atoms with E-state index >= 15 is 0 Å². The van der Waals surface area contributed by atoms with E-state index in [4.69, 9.17) is 0 Å². The molecule has 1 heterocycles. The van der Waals surface area contributed by atoms with E-state index in [-0.39, 0.29) is 5.78 Å². The molecule has 0 spiro atoms. The molecule has 5 aromatic rings. The maximum absolute atomic E-state index is 13.0. The van der Waals surface area contributed by atoms with Gasteiger partial charge in [0.2, 0.25) is 0 Å². The van der Waals surface area contributed by atoms with Crippen LogP contribution in [0.5, 0.6) is 0 Å². The Labute approximate surface area is 173 Å². The van der Waals surface area contributed by atoms with Gasteiger partial charge in [-0.2, -0.15) is 0 Å². The molecule has 0 aliphatic rings. The Kier molecular flexibility index (Phi) is 4.38. The molecule has 4 aromatic carbocycles. The highest BCUT2D eigenvalue weighted by atomic mass is 32.1. The van der Waals surface area contributed by atoms with E-state index in [0.717, 1.165) is 21.6 Å². The van der Waals surface area contributed by atoms with Gasteiger partial charge in [0.1, 0.15) is 0 Å². The van der Waals surface area contributed by atoms with Gasteiger partial charge in [0, 0.05) is 49.7 Å².